The molecule has 1 fully saturated rings. The lowest BCUT2D eigenvalue weighted by Gasteiger charge is -2.24. The number of hydrogen-bond donors (Lipinski definition) is 1. The van der Waals surface area contributed by atoms with Gasteiger partial charge in [0.2, 0.25) is 0 Å². The second kappa shape index (κ2) is 7.45. The Bertz CT molecular complexity index is 291. The molecule has 96 valence electrons. The molecule has 0 saturated carbocycles. The van der Waals surface area contributed by atoms with Gasteiger partial charge in [0.1, 0.15) is 0 Å². The molecule has 0 amide bonds. The van der Waals surface area contributed by atoms with Crippen molar-refractivity contribution in [1.82, 2.24) is 5.32 Å². The minimum Gasteiger partial charge on any atom is -0.314 e. The van der Waals surface area contributed by atoms with Gasteiger partial charge < -0.3 is 5.32 Å². The van der Waals surface area contributed by atoms with Gasteiger partial charge in [0.25, 0.3) is 0 Å². The van der Waals surface area contributed by atoms with Crippen molar-refractivity contribution < 1.29 is 0 Å². The molecule has 3 heteroatoms. The van der Waals surface area contributed by atoms with Gasteiger partial charge >= 0.3 is 0 Å². The topological polar surface area (TPSA) is 12.0 Å². The van der Waals surface area contributed by atoms with E-state index in [1.807, 2.05) is 11.3 Å². The van der Waals surface area contributed by atoms with E-state index in [1.54, 1.807) is 0 Å². The normalized spacial score (nSPS) is 21.8. The average molecular weight is 269 g/mol. The highest BCUT2D eigenvalue weighted by atomic mass is 32.2. The molecule has 1 aliphatic rings. The lowest BCUT2D eigenvalue weighted by molar-refractivity contribution is 0.363. The van der Waals surface area contributed by atoms with Crippen molar-refractivity contribution in [3.05, 3.63) is 22.4 Å². The fraction of sp³-hybridized carbons (Fsp3) is 0.714. The summed E-state index contributed by atoms with van der Waals surface area (Å²) in [6.07, 6.45) is 5.21. The Kier molecular flexibility index (Phi) is 5.89. The summed E-state index contributed by atoms with van der Waals surface area (Å²) in [5, 5.41) is 8.25. The molecule has 1 aromatic rings. The Morgan fingerprint density at radius 3 is 3.12 bits per heavy atom. The average Bonchev–Trinajstić information content (AvgIpc) is 3.01. The Hall–Kier alpha value is 0.01000. The van der Waals surface area contributed by atoms with Gasteiger partial charge in [-0.2, -0.15) is 23.1 Å². The molecular formula is C14H23NS2. The third kappa shape index (κ3) is 4.31. The van der Waals surface area contributed by atoms with Crippen LogP contribution in [0.3, 0.4) is 0 Å². The maximum Gasteiger partial charge on any atom is 0.0107 e. The van der Waals surface area contributed by atoms with E-state index in [2.05, 4.69) is 40.8 Å². The first-order valence-electron chi connectivity index (χ1n) is 6.72. The molecule has 0 aromatic carbocycles. The largest absolute Gasteiger partial charge is 0.314 e. The van der Waals surface area contributed by atoms with Gasteiger partial charge in [-0.1, -0.05) is 6.92 Å². The summed E-state index contributed by atoms with van der Waals surface area (Å²) in [7, 11) is 0. The van der Waals surface area contributed by atoms with Crippen molar-refractivity contribution in [2.45, 2.75) is 38.6 Å². The van der Waals surface area contributed by atoms with E-state index in [0.717, 1.165) is 12.0 Å². The standard InChI is InChI=1S/C14H23NS2/c1-2-7-15-14(13-6-9-17-11-13)4-3-12-5-8-16-10-12/h5,8,10,13-15H,2-4,6-7,9,11H2,1H3. The second-order valence-electron chi connectivity index (χ2n) is 4.85. The molecule has 0 aliphatic carbocycles. The Balaban J connectivity index is 1.81. The van der Waals surface area contributed by atoms with Crippen LogP contribution in [-0.4, -0.2) is 24.1 Å². The van der Waals surface area contributed by atoms with Crippen LogP contribution >= 0.6 is 23.1 Å². The van der Waals surface area contributed by atoms with Crippen LogP contribution < -0.4 is 5.32 Å². The third-order valence-corrected chi connectivity index (χ3v) is 5.43. The third-order valence-electron chi connectivity index (χ3n) is 3.51. The summed E-state index contributed by atoms with van der Waals surface area (Å²) in [6, 6.07) is 3.01. The summed E-state index contributed by atoms with van der Waals surface area (Å²) >= 11 is 3.95. The molecule has 2 rings (SSSR count). The van der Waals surface area contributed by atoms with E-state index in [9.17, 15) is 0 Å². The molecule has 17 heavy (non-hydrogen) atoms. The van der Waals surface area contributed by atoms with Crippen LogP contribution in [0.1, 0.15) is 31.7 Å². The van der Waals surface area contributed by atoms with Crippen LogP contribution in [0, 0.1) is 5.92 Å². The molecule has 1 N–H and O–H groups in total. The lowest BCUT2D eigenvalue weighted by Crippen LogP contribution is -2.37. The van der Waals surface area contributed by atoms with Gasteiger partial charge in [0.15, 0.2) is 0 Å². The number of hydrogen-bond acceptors (Lipinski definition) is 3. The monoisotopic (exact) mass is 269 g/mol. The minimum atomic E-state index is 0.741. The smallest absolute Gasteiger partial charge is 0.0107 e. The van der Waals surface area contributed by atoms with E-state index in [4.69, 9.17) is 0 Å². The fourth-order valence-electron chi connectivity index (χ4n) is 2.46. The summed E-state index contributed by atoms with van der Waals surface area (Å²) in [5.74, 6) is 3.64. The predicted molar refractivity (Wildman–Crippen MR) is 80.2 cm³/mol. The highest BCUT2D eigenvalue weighted by molar-refractivity contribution is 7.99. The first-order valence-corrected chi connectivity index (χ1v) is 8.82. The van der Waals surface area contributed by atoms with Crippen molar-refractivity contribution in [3.8, 4) is 0 Å². The Morgan fingerprint density at radius 1 is 1.53 bits per heavy atom. The van der Waals surface area contributed by atoms with Crippen molar-refractivity contribution in [2.75, 3.05) is 18.1 Å². The summed E-state index contributed by atoms with van der Waals surface area (Å²) in [5.41, 5.74) is 1.52. The summed E-state index contributed by atoms with van der Waals surface area (Å²) in [6.45, 7) is 3.43. The zero-order valence-corrected chi connectivity index (χ0v) is 12.3. The van der Waals surface area contributed by atoms with Gasteiger partial charge in [-0.15, -0.1) is 0 Å². The van der Waals surface area contributed by atoms with Crippen molar-refractivity contribution in [3.63, 3.8) is 0 Å². The number of aryl methyl sites for hydroxylation is 1. The van der Waals surface area contributed by atoms with E-state index in [-0.39, 0.29) is 0 Å². The van der Waals surface area contributed by atoms with Crippen molar-refractivity contribution in [2.24, 2.45) is 5.92 Å². The van der Waals surface area contributed by atoms with Crippen LogP contribution in [0.4, 0.5) is 0 Å². The highest BCUT2D eigenvalue weighted by Crippen LogP contribution is 2.28. The molecule has 0 radical (unpaired) electrons. The second-order valence-corrected chi connectivity index (χ2v) is 6.78. The van der Waals surface area contributed by atoms with Gasteiger partial charge in [0.05, 0.1) is 0 Å². The Morgan fingerprint density at radius 2 is 2.47 bits per heavy atom. The van der Waals surface area contributed by atoms with Crippen LogP contribution in [-0.2, 0) is 6.42 Å². The molecule has 1 aromatic heterocycles. The molecular weight excluding hydrogens is 246 g/mol. The highest BCUT2D eigenvalue weighted by Gasteiger charge is 2.24. The maximum absolute atomic E-state index is 3.76. The minimum absolute atomic E-state index is 0.741. The van der Waals surface area contributed by atoms with Crippen molar-refractivity contribution in [1.29, 1.82) is 0 Å². The van der Waals surface area contributed by atoms with Crippen LogP contribution in [0.25, 0.3) is 0 Å². The van der Waals surface area contributed by atoms with Crippen LogP contribution in [0.5, 0.6) is 0 Å². The molecule has 1 saturated heterocycles. The zero-order chi connectivity index (χ0) is 11.9. The molecule has 2 atom stereocenters. The number of rotatable bonds is 7. The van der Waals surface area contributed by atoms with Gasteiger partial charge in [-0.05, 0) is 72.0 Å². The molecule has 0 spiro atoms. The number of thioether (sulfide) groups is 1. The molecule has 1 nitrogen and oxygen atoms in total. The first kappa shape index (κ1) is 13.4. The van der Waals surface area contributed by atoms with Crippen LogP contribution in [0.15, 0.2) is 16.8 Å². The molecule has 2 heterocycles. The zero-order valence-electron chi connectivity index (χ0n) is 10.7. The molecule has 2 unspecified atom stereocenters. The van der Waals surface area contributed by atoms with Gasteiger partial charge in [-0.3, -0.25) is 0 Å². The fourth-order valence-corrected chi connectivity index (χ4v) is 4.50. The summed E-state index contributed by atoms with van der Waals surface area (Å²) < 4.78 is 0. The van der Waals surface area contributed by atoms with Crippen molar-refractivity contribution >= 4 is 23.1 Å². The number of thiophene rings is 1. The summed E-state index contributed by atoms with van der Waals surface area (Å²) in [4.78, 5) is 0. The van der Waals surface area contributed by atoms with Gasteiger partial charge in [-0.25, -0.2) is 0 Å². The van der Waals surface area contributed by atoms with E-state index < -0.39 is 0 Å². The van der Waals surface area contributed by atoms with Gasteiger partial charge in [0, 0.05) is 6.04 Å². The molecule has 1 aliphatic heterocycles. The Labute approximate surface area is 113 Å². The maximum atomic E-state index is 3.76. The van der Waals surface area contributed by atoms with E-state index >= 15 is 0 Å². The molecule has 0 bridgehead atoms. The van der Waals surface area contributed by atoms with E-state index in [1.165, 1.54) is 49.3 Å². The van der Waals surface area contributed by atoms with E-state index in [0.29, 0.717) is 0 Å². The lowest BCUT2D eigenvalue weighted by atomic mass is 9.93. The van der Waals surface area contributed by atoms with Crippen LogP contribution in [0.2, 0.25) is 0 Å². The first-order chi connectivity index (χ1) is 8.40. The SMILES string of the molecule is CCCNC(CCc1ccsc1)C1CCSC1. The predicted octanol–water partition coefficient (Wildman–Crippen LogP) is 3.80. The quantitative estimate of drug-likeness (QED) is 0.808. The number of nitrogens with one attached hydrogen (secondary N) is 1.